The van der Waals surface area contributed by atoms with E-state index >= 15 is 0 Å². The predicted octanol–water partition coefficient (Wildman–Crippen LogP) is 16.2. The van der Waals surface area contributed by atoms with Crippen molar-refractivity contribution in [3.05, 3.63) is 255 Å². The van der Waals surface area contributed by atoms with Crippen LogP contribution in [0, 0.1) is 0 Å². The molecule has 0 saturated heterocycles. The molecule has 1 atom stereocenters. The molecule has 1 heterocycles. The largest absolute Gasteiger partial charge is 0.457 e. The molecule has 13 rings (SSSR count). The third-order valence-electron chi connectivity index (χ3n) is 15.7. The topological polar surface area (TPSA) is 9.23 Å². The summed E-state index contributed by atoms with van der Waals surface area (Å²) in [4.78, 5) is 0. The molecule has 4 aliphatic carbocycles. The summed E-state index contributed by atoms with van der Waals surface area (Å²) in [6, 6.07) is 65.2. The van der Waals surface area contributed by atoms with Gasteiger partial charge < -0.3 is 4.74 Å². The van der Waals surface area contributed by atoms with Crippen molar-refractivity contribution in [3.8, 4) is 44.9 Å². The Bertz CT molecular complexity index is 3300. The van der Waals surface area contributed by atoms with E-state index in [1.165, 1.54) is 106 Å². The van der Waals surface area contributed by atoms with Crippen LogP contribution in [0.3, 0.4) is 0 Å². The van der Waals surface area contributed by atoms with Gasteiger partial charge in [-0.25, -0.2) is 0 Å². The molecule has 8 aromatic rings. The molecular weight excluding hydrogens is 785 g/mol. The van der Waals surface area contributed by atoms with Gasteiger partial charge in [-0.3, -0.25) is 0 Å². The Balaban J connectivity index is 1.02. The van der Waals surface area contributed by atoms with E-state index in [2.05, 4.69) is 230 Å². The van der Waals surface area contributed by atoms with Crippen LogP contribution in [-0.2, 0) is 21.7 Å². The van der Waals surface area contributed by atoms with Crippen LogP contribution >= 0.6 is 0 Å². The zero-order chi connectivity index (χ0) is 44.0. The zero-order valence-corrected chi connectivity index (χ0v) is 38.1. The fourth-order valence-electron chi connectivity index (χ4n) is 12.6. The standard InChI is InChI=1S/C64H52O/c1-61(2,3)41-29-32-49-50-33-30-42(62(4,5)6)38-57(50)64(56(49)37-41)53-24-14-11-21-47(53)48-31-27-39(35-55(48)64)43-17-7-8-18-44(43)40-28-34-60-58(36-40)63(54-25-15-16-26-59(54)65-60)51-22-12-9-19-45(51)46-20-10-13-23-52(46)63/h7-16,18-38,43H,17H2,1-6H3. The highest BCUT2D eigenvalue weighted by Crippen LogP contribution is 2.65. The maximum atomic E-state index is 6.87. The molecule has 8 aromatic carbocycles. The molecule has 0 saturated carbocycles. The maximum Gasteiger partial charge on any atom is 0.132 e. The van der Waals surface area contributed by atoms with Crippen molar-refractivity contribution in [2.24, 2.45) is 0 Å². The van der Waals surface area contributed by atoms with Crippen molar-refractivity contribution in [1.29, 1.82) is 0 Å². The first-order valence-corrected chi connectivity index (χ1v) is 23.5. The van der Waals surface area contributed by atoms with E-state index in [-0.39, 0.29) is 16.7 Å². The fraction of sp³-hybridized carbons (Fsp3) is 0.188. The zero-order valence-electron chi connectivity index (χ0n) is 38.1. The Morgan fingerprint density at radius 3 is 1.45 bits per heavy atom. The van der Waals surface area contributed by atoms with Gasteiger partial charge in [0.15, 0.2) is 0 Å². The number of ether oxygens (including phenoxy) is 1. The summed E-state index contributed by atoms with van der Waals surface area (Å²) in [6.45, 7) is 14.1. The van der Waals surface area contributed by atoms with Gasteiger partial charge in [-0.1, -0.05) is 211 Å². The van der Waals surface area contributed by atoms with Gasteiger partial charge in [-0.2, -0.15) is 0 Å². The van der Waals surface area contributed by atoms with Gasteiger partial charge in [0.2, 0.25) is 0 Å². The molecular formula is C64H52O. The summed E-state index contributed by atoms with van der Waals surface area (Å²) in [7, 11) is 0. The van der Waals surface area contributed by atoms with E-state index in [9.17, 15) is 0 Å². The summed E-state index contributed by atoms with van der Waals surface area (Å²) in [5.74, 6) is 1.99. The molecule has 1 aliphatic heterocycles. The summed E-state index contributed by atoms with van der Waals surface area (Å²) >= 11 is 0. The maximum absolute atomic E-state index is 6.87. The van der Waals surface area contributed by atoms with Gasteiger partial charge in [0.25, 0.3) is 0 Å². The second-order valence-electron chi connectivity index (χ2n) is 21.1. The highest BCUT2D eigenvalue weighted by molar-refractivity contribution is 5.96. The Morgan fingerprint density at radius 2 is 0.877 bits per heavy atom. The molecule has 5 aliphatic rings. The lowest BCUT2D eigenvalue weighted by Gasteiger charge is -2.40. The Morgan fingerprint density at radius 1 is 0.415 bits per heavy atom. The minimum atomic E-state index is -0.513. The molecule has 0 bridgehead atoms. The minimum absolute atomic E-state index is 0.00171. The highest BCUT2D eigenvalue weighted by atomic mass is 16.5. The second-order valence-corrected chi connectivity index (χ2v) is 21.1. The lowest BCUT2D eigenvalue weighted by molar-refractivity contribution is 0.436. The van der Waals surface area contributed by atoms with Gasteiger partial charge in [0, 0.05) is 17.0 Å². The van der Waals surface area contributed by atoms with Crippen molar-refractivity contribution in [3.63, 3.8) is 0 Å². The average molecular weight is 837 g/mol. The molecule has 0 N–H and O–H groups in total. The first-order chi connectivity index (χ1) is 31.5. The number of fused-ring (bicyclic) bond motifs is 19. The van der Waals surface area contributed by atoms with Crippen molar-refractivity contribution in [2.75, 3.05) is 0 Å². The first kappa shape index (κ1) is 38.5. The average Bonchev–Trinajstić information content (AvgIpc) is 3.90. The molecule has 0 amide bonds. The summed E-state index contributed by atoms with van der Waals surface area (Å²) < 4.78 is 6.87. The monoisotopic (exact) mass is 836 g/mol. The van der Waals surface area contributed by atoms with Gasteiger partial charge in [-0.05, 0) is 130 Å². The van der Waals surface area contributed by atoms with E-state index in [0.29, 0.717) is 0 Å². The lowest BCUT2D eigenvalue weighted by atomic mass is 9.65. The molecule has 1 nitrogen and oxygen atoms in total. The van der Waals surface area contributed by atoms with Crippen molar-refractivity contribution >= 4 is 5.57 Å². The van der Waals surface area contributed by atoms with Gasteiger partial charge >= 0.3 is 0 Å². The molecule has 1 heteroatoms. The van der Waals surface area contributed by atoms with Crippen LogP contribution in [-0.4, -0.2) is 0 Å². The summed E-state index contributed by atoms with van der Waals surface area (Å²) in [5, 5.41) is 0. The van der Waals surface area contributed by atoms with Crippen molar-refractivity contribution < 1.29 is 4.74 Å². The highest BCUT2D eigenvalue weighted by Gasteiger charge is 2.53. The van der Waals surface area contributed by atoms with Crippen molar-refractivity contribution in [2.45, 2.75) is 75.5 Å². The number of para-hydroxylation sites is 1. The third-order valence-corrected chi connectivity index (χ3v) is 15.7. The minimum Gasteiger partial charge on any atom is -0.457 e. The van der Waals surface area contributed by atoms with Crippen LogP contribution in [0.2, 0.25) is 0 Å². The number of benzene rings is 8. The second kappa shape index (κ2) is 13.3. The number of hydrogen-bond acceptors (Lipinski definition) is 1. The van der Waals surface area contributed by atoms with Crippen LogP contribution in [0.4, 0.5) is 0 Å². The molecule has 2 spiro atoms. The van der Waals surface area contributed by atoms with E-state index in [1.807, 2.05) is 0 Å². The van der Waals surface area contributed by atoms with Crippen LogP contribution in [0.15, 0.2) is 188 Å². The SMILES string of the molecule is CC(C)(C)c1ccc2c(c1)C1(c3ccccc3-c3ccc(C4CC=CC=C4c4ccc5c(c4)C4(c6ccccc6O5)c5ccccc5-c5ccccc54)cc31)c1cc(C(C)(C)C)ccc1-2. The smallest absolute Gasteiger partial charge is 0.132 e. The Hall–Kier alpha value is -6.96. The van der Waals surface area contributed by atoms with E-state index < -0.39 is 10.8 Å². The predicted molar refractivity (Wildman–Crippen MR) is 268 cm³/mol. The lowest BCUT2D eigenvalue weighted by Crippen LogP contribution is -2.32. The van der Waals surface area contributed by atoms with Gasteiger partial charge in [0.1, 0.15) is 11.5 Å². The number of rotatable bonds is 2. The van der Waals surface area contributed by atoms with Crippen LogP contribution in [0.25, 0.3) is 39.0 Å². The quantitative estimate of drug-likeness (QED) is 0.169. The van der Waals surface area contributed by atoms with E-state index in [0.717, 1.165) is 17.9 Å². The molecule has 0 aromatic heterocycles. The molecule has 0 radical (unpaired) electrons. The third kappa shape index (κ3) is 5.10. The Labute approximate surface area is 383 Å². The van der Waals surface area contributed by atoms with Crippen LogP contribution in [0.1, 0.15) is 121 Å². The Kier molecular flexibility index (Phi) is 7.88. The number of allylic oxidation sites excluding steroid dienone is 4. The van der Waals surface area contributed by atoms with Gasteiger partial charge in [-0.15, -0.1) is 0 Å². The molecule has 0 fully saturated rings. The summed E-state index contributed by atoms with van der Waals surface area (Å²) in [5.41, 5.74) is 24.3. The van der Waals surface area contributed by atoms with Crippen molar-refractivity contribution in [1.82, 2.24) is 0 Å². The van der Waals surface area contributed by atoms with E-state index in [1.54, 1.807) is 0 Å². The van der Waals surface area contributed by atoms with Gasteiger partial charge in [0.05, 0.1) is 10.8 Å². The number of hydrogen-bond donors (Lipinski definition) is 0. The van der Waals surface area contributed by atoms with E-state index in [4.69, 9.17) is 4.74 Å². The normalized spacial score (nSPS) is 17.3. The first-order valence-electron chi connectivity index (χ1n) is 23.5. The molecule has 65 heavy (non-hydrogen) atoms. The molecule has 314 valence electrons. The van der Waals surface area contributed by atoms with Crippen LogP contribution in [0.5, 0.6) is 11.5 Å². The molecule has 1 unspecified atom stereocenters. The fourth-order valence-corrected chi connectivity index (χ4v) is 12.6. The summed E-state index contributed by atoms with van der Waals surface area (Å²) in [6.07, 6.45) is 7.93. The van der Waals surface area contributed by atoms with Crippen LogP contribution < -0.4 is 4.74 Å².